The molecule has 0 bridgehead atoms. The molecule has 0 spiro atoms. The van der Waals surface area contributed by atoms with Crippen LogP contribution in [0.4, 0.5) is 11.4 Å². The lowest BCUT2D eigenvalue weighted by molar-refractivity contribution is 0.563. The zero-order valence-electron chi connectivity index (χ0n) is 20.6. The van der Waals surface area contributed by atoms with E-state index in [2.05, 4.69) is 114 Å². The fraction of sp³-hybridized carbons (Fsp3) is 0.241. The number of aromatic nitrogens is 2. The number of rotatable bonds is 6. The van der Waals surface area contributed by atoms with E-state index in [1.165, 1.54) is 22.5 Å². The van der Waals surface area contributed by atoms with Gasteiger partial charge < -0.3 is 19.7 Å². The fourth-order valence-corrected chi connectivity index (χ4v) is 5.34. The average Bonchev–Trinajstić information content (AvgIpc) is 3.36. The first kappa shape index (κ1) is 23.1. The highest BCUT2D eigenvalue weighted by Crippen LogP contribution is 2.43. The van der Waals surface area contributed by atoms with E-state index < -0.39 is 0 Å². The van der Waals surface area contributed by atoms with Gasteiger partial charge in [-0.15, -0.1) is 0 Å². The van der Waals surface area contributed by atoms with Crippen LogP contribution in [0.2, 0.25) is 0 Å². The maximum Gasteiger partial charge on any atom is 0.174 e. The molecule has 0 aliphatic carbocycles. The van der Waals surface area contributed by atoms with E-state index in [1.807, 2.05) is 18.3 Å². The normalized spacial score (nSPS) is 17.5. The molecule has 1 aliphatic heterocycles. The Kier molecular flexibility index (Phi) is 6.31. The lowest BCUT2D eigenvalue weighted by Gasteiger charge is -2.28. The summed E-state index contributed by atoms with van der Waals surface area (Å²) in [7, 11) is 4.11. The molecule has 35 heavy (non-hydrogen) atoms. The van der Waals surface area contributed by atoms with Gasteiger partial charge in [-0.2, -0.15) is 0 Å². The Bertz CT molecular complexity index is 1310. The van der Waals surface area contributed by atoms with Crippen LogP contribution in [-0.4, -0.2) is 28.8 Å². The molecular weight excluding hydrogens is 450 g/mol. The second-order valence-corrected chi connectivity index (χ2v) is 9.69. The van der Waals surface area contributed by atoms with Crippen LogP contribution in [0.15, 0.2) is 85.1 Å². The van der Waals surface area contributed by atoms with Gasteiger partial charge in [-0.3, -0.25) is 4.98 Å². The third kappa shape index (κ3) is 4.42. The molecule has 2 atom stereocenters. The van der Waals surface area contributed by atoms with Crippen LogP contribution < -0.4 is 15.1 Å². The molecule has 5 rings (SSSR count). The van der Waals surface area contributed by atoms with E-state index in [1.54, 1.807) is 0 Å². The smallest absolute Gasteiger partial charge is 0.174 e. The lowest BCUT2D eigenvalue weighted by atomic mass is 9.96. The largest absolute Gasteiger partial charge is 0.378 e. The van der Waals surface area contributed by atoms with Crippen LogP contribution in [-0.2, 0) is 6.54 Å². The van der Waals surface area contributed by atoms with Gasteiger partial charge in [0.1, 0.15) is 0 Å². The molecule has 0 saturated carbocycles. The Labute approximate surface area is 213 Å². The Morgan fingerprint density at radius 3 is 2.31 bits per heavy atom. The first-order chi connectivity index (χ1) is 16.9. The summed E-state index contributed by atoms with van der Waals surface area (Å²) in [5.74, 6) is 0. The summed E-state index contributed by atoms with van der Waals surface area (Å²) in [4.78, 5) is 9.06. The summed E-state index contributed by atoms with van der Waals surface area (Å²) in [6.07, 6.45) is 1.85. The zero-order chi connectivity index (χ0) is 24.5. The maximum absolute atomic E-state index is 5.92. The predicted molar refractivity (Wildman–Crippen MR) is 148 cm³/mol. The summed E-state index contributed by atoms with van der Waals surface area (Å²) in [6, 6.07) is 27.5. The molecule has 1 N–H and O–H groups in total. The summed E-state index contributed by atoms with van der Waals surface area (Å²) in [6.45, 7) is 5.25. The molecular formula is C29H31N5S. The second-order valence-electron chi connectivity index (χ2n) is 9.31. The number of aryl methyl sites for hydroxylation is 1. The lowest BCUT2D eigenvalue weighted by Crippen LogP contribution is -2.29. The van der Waals surface area contributed by atoms with Crippen LogP contribution in [0.25, 0.3) is 0 Å². The zero-order valence-corrected chi connectivity index (χ0v) is 21.5. The summed E-state index contributed by atoms with van der Waals surface area (Å²) >= 11 is 5.92. The van der Waals surface area contributed by atoms with Crippen molar-refractivity contribution in [2.45, 2.75) is 32.5 Å². The van der Waals surface area contributed by atoms with Gasteiger partial charge in [0, 0.05) is 49.6 Å². The molecule has 1 saturated heterocycles. The molecule has 5 nitrogen and oxygen atoms in total. The minimum Gasteiger partial charge on any atom is -0.378 e. The molecule has 2 aromatic heterocycles. The number of pyridine rings is 1. The minimum atomic E-state index is -0.0529. The van der Waals surface area contributed by atoms with Crippen LogP contribution in [0, 0.1) is 13.8 Å². The molecule has 2 aromatic carbocycles. The number of hydrogen-bond donors (Lipinski definition) is 1. The van der Waals surface area contributed by atoms with Gasteiger partial charge in [-0.05, 0) is 79.7 Å². The minimum absolute atomic E-state index is 0.0154. The SMILES string of the molecule is Cc1cc([C@@H]2[C@@H](c3ccccn3)NC(=S)N2c2ccc(N(C)C)cc2)c(C)n1Cc1ccccc1. The number of thiocarbonyl (C=S) groups is 1. The van der Waals surface area contributed by atoms with Crippen LogP contribution in [0.1, 0.15) is 40.3 Å². The number of hydrogen-bond acceptors (Lipinski definition) is 3. The van der Waals surface area contributed by atoms with Gasteiger partial charge in [-0.25, -0.2) is 0 Å². The molecule has 6 heteroatoms. The average molecular weight is 482 g/mol. The van der Waals surface area contributed by atoms with E-state index in [-0.39, 0.29) is 12.1 Å². The molecule has 0 radical (unpaired) electrons. The van der Waals surface area contributed by atoms with Crippen molar-refractivity contribution in [1.29, 1.82) is 0 Å². The Morgan fingerprint density at radius 1 is 0.943 bits per heavy atom. The van der Waals surface area contributed by atoms with E-state index >= 15 is 0 Å². The third-order valence-corrected chi connectivity index (χ3v) is 7.17. The van der Waals surface area contributed by atoms with Crippen molar-refractivity contribution >= 4 is 28.7 Å². The topological polar surface area (TPSA) is 36.3 Å². The van der Waals surface area contributed by atoms with Gasteiger partial charge in [0.05, 0.1) is 17.8 Å². The highest BCUT2D eigenvalue weighted by molar-refractivity contribution is 7.80. The molecule has 0 unspecified atom stereocenters. The van der Waals surface area contributed by atoms with Crippen LogP contribution in [0.3, 0.4) is 0 Å². The Balaban J connectivity index is 1.60. The quantitative estimate of drug-likeness (QED) is 0.353. The van der Waals surface area contributed by atoms with Crippen molar-refractivity contribution in [3.8, 4) is 0 Å². The van der Waals surface area contributed by atoms with E-state index in [0.717, 1.165) is 28.7 Å². The highest BCUT2D eigenvalue weighted by atomic mass is 32.1. The van der Waals surface area contributed by atoms with Crippen LogP contribution in [0.5, 0.6) is 0 Å². The maximum atomic E-state index is 5.92. The number of anilines is 2. The number of nitrogens with one attached hydrogen (secondary N) is 1. The van der Waals surface area contributed by atoms with Crippen molar-refractivity contribution in [3.05, 3.63) is 113 Å². The van der Waals surface area contributed by atoms with E-state index in [0.29, 0.717) is 0 Å². The number of nitrogens with zero attached hydrogens (tertiary/aromatic N) is 4. The first-order valence-electron chi connectivity index (χ1n) is 11.9. The molecule has 1 aliphatic rings. The first-order valence-corrected chi connectivity index (χ1v) is 12.3. The number of benzene rings is 2. The van der Waals surface area contributed by atoms with Crippen molar-refractivity contribution in [1.82, 2.24) is 14.9 Å². The Morgan fingerprint density at radius 2 is 1.66 bits per heavy atom. The molecule has 1 fully saturated rings. The second kappa shape index (κ2) is 9.55. The fourth-order valence-electron chi connectivity index (χ4n) is 5.00. The van der Waals surface area contributed by atoms with Gasteiger partial charge >= 0.3 is 0 Å². The van der Waals surface area contributed by atoms with Gasteiger partial charge in [0.15, 0.2) is 5.11 Å². The molecule has 4 aromatic rings. The molecule has 3 heterocycles. The van der Waals surface area contributed by atoms with Gasteiger partial charge in [-0.1, -0.05) is 36.4 Å². The van der Waals surface area contributed by atoms with Crippen molar-refractivity contribution in [3.63, 3.8) is 0 Å². The van der Waals surface area contributed by atoms with Crippen molar-refractivity contribution in [2.24, 2.45) is 0 Å². The van der Waals surface area contributed by atoms with Gasteiger partial charge in [0.25, 0.3) is 0 Å². The predicted octanol–water partition coefficient (Wildman–Crippen LogP) is 5.79. The molecule has 0 amide bonds. The van der Waals surface area contributed by atoms with E-state index in [9.17, 15) is 0 Å². The summed E-state index contributed by atoms with van der Waals surface area (Å²) < 4.78 is 2.40. The monoisotopic (exact) mass is 481 g/mol. The van der Waals surface area contributed by atoms with Crippen molar-refractivity contribution < 1.29 is 0 Å². The van der Waals surface area contributed by atoms with Crippen molar-refractivity contribution in [2.75, 3.05) is 23.9 Å². The summed E-state index contributed by atoms with van der Waals surface area (Å²) in [5.41, 5.74) is 8.26. The van der Waals surface area contributed by atoms with E-state index in [4.69, 9.17) is 17.2 Å². The standard InChI is InChI=1S/C29H31N5S/c1-20-18-25(21(2)33(20)19-22-10-6-5-7-11-22)28-27(26-12-8-9-17-30-26)31-29(35)34(28)24-15-13-23(14-16-24)32(3)4/h5-18,27-28H,19H2,1-4H3,(H,31,35)/t27-,28-/m1/s1. The third-order valence-electron chi connectivity index (χ3n) is 6.86. The van der Waals surface area contributed by atoms with Crippen LogP contribution >= 0.6 is 12.2 Å². The summed E-state index contributed by atoms with van der Waals surface area (Å²) in [5, 5.41) is 4.30. The Hall–Kier alpha value is -3.64. The van der Waals surface area contributed by atoms with Gasteiger partial charge in [0.2, 0.25) is 0 Å². The molecule has 178 valence electrons. The highest BCUT2D eigenvalue weighted by Gasteiger charge is 2.42.